The van der Waals surface area contributed by atoms with E-state index in [0.29, 0.717) is 39.1 Å². The Morgan fingerprint density at radius 1 is 0.625 bits per heavy atom. The number of hydrogen-bond donors (Lipinski definition) is 0. The number of carbonyl (C=O) groups excluding carboxylic acids is 1. The Labute approximate surface area is 300 Å². The molecular weight excluding hydrogens is 673 g/mol. The van der Waals surface area contributed by atoms with Crippen LogP contribution in [0.1, 0.15) is 102 Å². The fourth-order valence-electron chi connectivity index (χ4n) is 7.43. The lowest BCUT2D eigenvalue weighted by Gasteiger charge is -2.53. The second kappa shape index (κ2) is 22.2. The maximum atomic E-state index is 12.0. The standard InChI is InChI=1S/C36H78O8Si4/c1-14-45(15-2,16-3)40-30-36(31-41-46(17-4,18-5)19-6)29-32(43-47(20-7,21-8)22-9)34(44-48(23-10,24-11)25-12)35(42-36)39-28-26-27-33(37)38-13/h32,34-35H,14-31H2,1-13H3/t32?,34?,35-/m1/s1. The molecule has 1 saturated heterocycles. The fourth-order valence-corrected chi connectivity index (χ4v) is 18.5. The lowest BCUT2D eigenvalue weighted by atomic mass is 9.91. The highest BCUT2D eigenvalue weighted by Gasteiger charge is 2.54. The largest absolute Gasteiger partial charge is 0.469 e. The topological polar surface area (TPSA) is 81.7 Å². The van der Waals surface area contributed by atoms with Crippen LogP contribution in [-0.2, 0) is 36.7 Å². The molecule has 8 nitrogen and oxygen atoms in total. The first kappa shape index (κ1) is 46.1. The molecule has 0 aromatic rings. The minimum absolute atomic E-state index is 0.193. The van der Waals surface area contributed by atoms with E-state index in [1.54, 1.807) is 0 Å². The number of ether oxygens (including phenoxy) is 3. The molecular formula is C36H78O8Si4. The van der Waals surface area contributed by atoms with Crippen LogP contribution in [0, 0.1) is 0 Å². The summed E-state index contributed by atoms with van der Waals surface area (Å²) in [5.74, 6) is -0.229. The monoisotopic (exact) mass is 750 g/mol. The third kappa shape index (κ3) is 12.4. The van der Waals surface area contributed by atoms with Gasteiger partial charge in [-0.15, -0.1) is 0 Å². The van der Waals surface area contributed by atoms with E-state index in [1.807, 2.05) is 0 Å². The van der Waals surface area contributed by atoms with E-state index in [2.05, 4.69) is 83.1 Å². The highest BCUT2D eigenvalue weighted by atomic mass is 28.4. The molecule has 1 fully saturated rings. The summed E-state index contributed by atoms with van der Waals surface area (Å²) >= 11 is 0. The third-order valence-corrected chi connectivity index (χ3v) is 31.0. The predicted octanol–water partition coefficient (Wildman–Crippen LogP) is 10.3. The highest BCUT2D eigenvalue weighted by molar-refractivity contribution is 6.75. The molecule has 48 heavy (non-hydrogen) atoms. The molecule has 1 aliphatic rings. The van der Waals surface area contributed by atoms with Crippen LogP contribution >= 0.6 is 0 Å². The van der Waals surface area contributed by atoms with Gasteiger partial charge in [0.2, 0.25) is 0 Å². The van der Waals surface area contributed by atoms with Crippen molar-refractivity contribution in [2.75, 3.05) is 26.9 Å². The van der Waals surface area contributed by atoms with Gasteiger partial charge in [0.05, 0.1) is 33.0 Å². The van der Waals surface area contributed by atoms with E-state index < -0.39 is 45.2 Å². The maximum Gasteiger partial charge on any atom is 0.305 e. The summed E-state index contributed by atoms with van der Waals surface area (Å²) in [6, 6.07) is 12.7. The molecule has 0 spiro atoms. The van der Waals surface area contributed by atoms with Crippen LogP contribution in [0.15, 0.2) is 0 Å². The van der Waals surface area contributed by atoms with Gasteiger partial charge in [0.15, 0.2) is 39.6 Å². The van der Waals surface area contributed by atoms with E-state index in [9.17, 15) is 4.79 Å². The SMILES string of the molecule is CC[Si](CC)(CC)OCC1(CO[Si](CC)(CC)CC)CC(O[Si](CC)(CC)CC)C(O[Si](CC)(CC)CC)[C@H](OCCCC(=O)OC)O1. The van der Waals surface area contributed by atoms with Gasteiger partial charge in [-0.25, -0.2) is 0 Å². The molecule has 0 bridgehead atoms. The summed E-state index contributed by atoms with van der Waals surface area (Å²) < 4.78 is 48.0. The molecule has 0 amide bonds. The highest BCUT2D eigenvalue weighted by Crippen LogP contribution is 2.41. The van der Waals surface area contributed by atoms with Gasteiger partial charge in [-0.3, -0.25) is 4.79 Å². The molecule has 1 rings (SSSR count). The Morgan fingerprint density at radius 2 is 1.02 bits per heavy atom. The predicted molar refractivity (Wildman–Crippen MR) is 210 cm³/mol. The van der Waals surface area contributed by atoms with E-state index in [0.717, 1.165) is 72.5 Å². The molecule has 0 saturated carbocycles. The number of rotatable bonds is 27. The van der Waals surface area contributed by atoms with Crippen molar-refractivity contribution in [1.82, 2.24) is 0 Å². The van der Waals surface area contributed by atoms with Crippen LogP contribution in [0.5, 0.6) is 0 Å². The van der Waals surface area contributed by atoms with E-state index >= 15 is 0 Å². The molecule has 0 aliphatic carbocycles. The Bertz CT molecular complexity index is 821. The molecule has 0 radical (unpaired) electrons. The van der Waals surface area contributed by atoms with Gasteiger partial charge in [-0.2, -0.15) is 0 Å². The van der Waals surface area contributed by atoms with Crippen LogP contribution in [0.3, 0.4) is 0 Å². The Hall–Kier alpha value is 0.0975. The molecule has 3 atom stereocenters. The van der Waals surface area contributed by atoms with E-state index in [4.69, 9.17) is 31.9 Å². The summed E-state index contributed by atoms with van der Waals surface area (Å²) in [6.07, 6.45) is 0.325. The third-order valence-electron chi connectivity index (χ3n) is 12.4. The van der Waals surface area contributed by atoms with Gasteiger partial charge in [0.25, 0.3) is 0 Å². The summed E-state index contributed by atoms with van der Waals surface area (Å²) in [6.45, 7) is 28.7. The maximum absolute atomic E-state index is 12.0. The van der Waals surface area contributed by atoms with E-state index in [-0.39, 0.29) is 18.2 Å². The van der Waals surface area contributed by atoms with Crippen molar-refractivity contribution in [3.8, 4) is 0 Å². The second-order valence-electron chi connectivity index (χ2n) is 14.2. The Kier molecular flexibility index (Phi) is 21.4. The molecule has 0 N–H and O–H groups in total. The number of methoxy groups -OCH3 is 1. The minimum atomic E-state index is -2.09. The summed E-state index contributed by atoms with van der Waals surface area (Å²) in [7, 11) is -6.63. The van der Waals surface area contributed by atoms with Gasteiger partial charge in [0, 0.05) is 12.8 Å². The summed E-state index contributed by atoms with van der Waals surface area (Å²) in [5.41, 5.74) is -0.725. The molecule has 1 heterocycles. The van der Waals surface area contributed by atoms with Crippen LogP contribution in [0.25, 0.3) is 0 Å². The zero-order valence-corrected chi connectivity index (χ0v) is 37.7. The van der Waals surface area contributed by atoms with Crippen molar-refractivity contribution in [1.29, 1.82) is 0 Å². The normalized spacial score (nSPS) is 20.6. The van der Waals surface area contributed by atoms with E-state index in [1.165, 1.54) is 7.11 Å². The number of hydrogen-bond acceptors (Lipinski definition) is 8. The Balaban J connectivity index is 3.87. The second-order valence-corrected chi connectivity index (χ2v) is 33.2. The smallest absolute Gasteiger partial charge is 0.305 e. The molecule has 12 heteroatoms. The quantitative estimate of drug-likeness (QED) is 0.0466. The van der Waals surface area contributed by atoms with Gasteiger partial charge in [-0.05, 0) is 78.9 Å². The first-order valence-electron chi connectivity index (χ1n) is 19.9. The number of carbonyl (C=O) groups is 1. The lowest BCUT2D eigenvalue weighted by molar-refractivity contribution is -0.304. The van der Waals surface area contributed by atoms with Crippen LogP contribution < -0.4 is 0 Å². The molecule has 286 valence electrons. The van der Waals surface area contributed by atoms with Crippen molar-refractivity contribution in [2.45, 2.75) is 199 Å². The molecule has 1 aliphatic heterocycles. The minimum Gasteiger partial charge on any atom is -0.469 e. The zero-order chi connectivity index (χ0) is 36.5. The van der Waals surface area contributed by atoms with Crippen molar-refractivity contribution in [2.24, 2.45) is 0 Å². The first-order chi connectivity index (χ1) is 22.9. The van der Waals surface area contributed by atoms with Crippen LogP contribution in [0.4, 0.5) is 0 Å². The fraction of sp³-hybridized carbons (Fsp3) is 0.972. The van der Waals surface area contributed by atoms with Crippen molar-refractivity contribution >= 4 is 39.2 Å². The zero-order valence-electron chi connectivity index (χ0n) is 33.7. The van der Waals surface area contributed by atoms with Crippen LogP contribution in [-0.4, -0.2) is 90.3 Å². The van der Waals surface area contributed by atoms with Gasteiger partial charge >= 0.3 is 5.97 Å². The van der Waals surface area contributed by atoms with Crippen molar-refractivity contribution < 1.29 is 36.7 Å². The van der Waals surface area contributed by atoms with Gasteiger partial charge in [-0.1, -0.05) is 83.1 Å². The molecule has 0 aromatic heterocycles. The summed E-state index contributed by atoms with van der Waals surface area (Å²) in [5, 5.41) is 0. The van der Waals surface area contributed by atoms with Gasteiger partial charge < -0.3 is 31.9 Å². The summed E-state index contributed by atoms with van der Waals surface area (Å²) in [4.78, 5) is 12.0. The average molecular weight is 751 g/mol. The van der Waals surface area contributed by atoms with Crippen LogP contribution in [0.2, 0.25) is 72.5 Å². The lowest BCUT2D eigenvalue weighted by Crippen LogP contribution is -2.65. The average Bonchev–Trinajstić information content (AvgIpc) is 3.14. The molecule has 0 aromatic carbocycles. The molecule has 2 unspecified atom stereocenters. The number of esters is 1. The van der Waals surface area contributed by atoms with Crippen molar-refractivity contribution in [3.05, 3.63) is 0 Å². The first-order valence-corrected chi connectivity index (χ1v) is 30.0. The van der Waals surface area contributed by atoms with Crippen molar-refractivity contribution in [3.63, 3.8) is 0 Å². The Morgan fingerprint density at radius 3 is 1.40 bits per heavy atom. The van der Waals surface area contributed by atoms with Gasteiger partial charge in [0.1, 0.15) is 11.7 Å².